The van der Waals surface area contributed by atoms with Crippen molar-refractivity contribution in [1.82, 2.24) is 9.88 Å². The molecule has 4 nitrogen and oxygen atoms in total. The monoisotopic (exact) mass is 275 g/mol. The summed E-state index contributed by atoms with van der Waals surface area (Å²) in [5.74, 6) is 0.774. The lowest BCUT2D eigenvalue weighted by molar-refractivity contribution is -0.136. The summed E-state index contributed by atoms with van der Waals surface area (Å²) in [7, 11) is 0. The van der Waals surface area contributed by atoms with Gasteiger partial charge in [-0.1, -0.05) is 13.0 Å². The van der Waals surface area contributed by atoms with Crippen LogP contribution in [0.2, 0.25) is 0 Å². The van der Waals surface area contributed by atoms with Gasteiger partial charge in [-0.25, -0.2) is 0 Å². The first kappa shape index (κ1) is 15.0. The zero-order chi connectivity index (χ0) is 14.4. The van der Waals surface area contributed by atoms with Gasteiger partial charge in [-0.2, -0.15) is 0 Å². The molecule has 0 radical (unpaired) electrons. The molecule has 0 bridgehead atoms. The van der Waals surface area contributed by atoms with E-state index in [1.165, 1.54) is 6.42 Å². The molecular weight excluding hydrogens is 250 g/mol. The number of nitrogens with zero attached hydrogens (tertiary/aromatic N) is 2. The van der Waals surface area contributed by atoms with E-state index in [4.69, 9.17) is 5.73 Å². The van der Waals surface area contributed by atoms with Crippen LogP contribution in [0.25, 0.3) is 0 Å². The fourth-order valence-electron chi connectivity index (χ4n) is 3.03. The van der Waals surface area contributed by atoms with E-state index >= 15 is 0 Å². The van der Waals surface area contributed by atoms with E-state index in [0.717, 1.165) is 31.5 Å². The summed E-state index contributed by atoms with van der Waals surface area (Å²) < 4.78 is 0. The van der Waals surface area contributed by atoms with E-state index in [9.17, 15) is 4.79 Å². The topological polar surface area (TPSA) is 59.2 Å². The smallest absolute Gasteiger partial charge is 0.222 e. The highest BCUT2D eigenvalue weighted by molar-refractivity contribution is 5.76. The van der Waals surface area contributed by atoms with Crippen molar-refractivity contribution in [3.05, 3.63) is 30.1 Å². The number of aromatic nitrogens is 1. The number of likely N-dealkylation sites (tertiary alicyclic amines) is 1. The Morgan fingerprint density at radius 2 is 2.35 bits per heavy atom. The number of amides is 1. The predicted octanol–water partition coefficient (Wildman–Crippen LogP) is 1.99. The zero-order valence-electron chi connectivity index (χ0n) is 12.3. The van der Waals surface area contributed by atoms with Crippen molar-refractivity contribution < 1.29 is 4.79 Å². The molecule has 20 heavy (non-hydrogen) atoms. The number of aryl methyl sites for hydroxylation is 1. The van der Waals surface area contributed by atoms with Gasteiger partial charge in [0.1, 0.15) is 0 Å². The van der Waals surface area contributed by atoms with Crippen LogP contribution in [-0.4, -0.2) is 34.9 Å². The summed E-state index contributed by atoms with van der Waals surface area (Å²) in [6.07, 6.45) is 6.40. The van der Waals surface area contributed by atoms with E-state index in [0.29, 0.717) is 18.9 Å². The molecule has 0 saturated carbocycles. The summed E-state index contributed by atoms with van der Waals surface area (Å²) in [4.78, 5) is 18.6. The molecule has 4 heteroatoms. The van der Waals surface area contributed by atoms with E-state index in [1.807, 2.05) is 23.1 Å². The second kappa shape index (κ2) is 7.39. The molecule has 2 heterocycles. The van der Waals surface area contributed by atoms with Crippen LogP contribution in [0.4, 0.5) is 0 Å². The second-order valence-electron chi connectivity index (χ2n) is 5.68. The number of piperidine rings is 1. The summed E-state index contributed by atoms with van der Waals surface area (Å²) in [5.41, 5.74) is 6.90. The molecule has 1 fully saturated rings. The third kappa shape index (κ3) is 3.79. The minimum Gasteiger partial charge on any atom is -0.338 e. The third-order valence-electron chi connectivity index (χ3n) is 4.23. The van der Waals surface area contributed by atoms with Crippen molar-refractivity contribution in [1.29, 1.82) is 0 Å². The minimum atomic E-state index is 0.228. The predicted molar refractivity (Wildman–Crippen MR) is 80.1 cm³/mol. The summed E-state index contributed by atoms with van der Waals surface area (Å²) in [6.45, 7) is 3.65. The first-order valence-corrected chi connectivity index (χ1v) is 7.62. The molecule has 1 aromatic heterocycles. The van der Waals surface area contributed by atoms with Gasteiger partial charge in [0.25, 0.3) is 0 Å². The number of pyridine rings is 1. The number of nitrogens with two attached hydrogens (primary N) is 1. The average Bonchev–Trinajstić information content (AvgIpc) is 2.48. The highest BCUT2D eigenvalue weighted by Crippen LogP contribution is 2.23. The Morgan fingerprint density at radius 1 is 1.50 bits per heavy atom. The lowest BCUT2D eigenvalue weighted by Crippen LogP contribution is -2.51. The van der Waals surface area contributed by atoms with Crippen LogP contribution in [0.3, 0.4) is 0 Å². The van der Waals surface area contributed by atoms with Gasteiger partial charge in [0.2, 0.25) is 5.91 Å². The van der Waals surface area contributed by atoms with E-state index in [2.05, 4.69) is 11.9 Å². The zero-order valence-corrected chi connectivity index (χ0v) is 12.3. The first-order valence-electron chi connectivity index (χ1n) is 7.62. The van der Waals surface area contributed by atoms with Gasteiger partial charge < -0.3 is 10.6 Å². The van der Waals surface area contributed by atoms with Crippen LogP contribution in [0.5, 0.6) is 0 Å². The molecule has 2 N–H and O–H groups in total. The van der Waals surface area contributed by atoms with Crippen LogP contribution in [0, 0.1) is 5.92 Å². The second-order valence-corrected chi connectivity index (χ2v) is 5.68. The molecular formula is C16H25N3O. The lowest BCUT2D eigenvalue weighted by Gasteiger charge is -2.39. The molecule has 1 saturated heterocycles. The molecule has 2 atom stereocenters. The largest absolute Gasteiger partial charge is 0.338 e. The molecule has 1 amide bonds. The Hall–Kier alpha value is -1.42. The molecule has 0 aliphatic carbocycles. The summed E-state index contributed by atoms with van der Waals surface area (Å²) >= 11 is 0. The first-order chi connectivity index (χ1) is 9.72. The van der Waals surface area contributed by atoms with E-state index < -0.39 is 0 Å². The third-order valence-corrected chi connectivity index (χ3v) is 4.23. The fraction of sp³-hybridized carbons (Fsp3) is 0.625. The fourth-order valence-corrected chi connectivity index (χ4v) is 3.03. The van der Waals surface area contributed by atoms with Crippen LogP contribution in [0.1, 0.15) is 38.3 Å². The van der Waals surface area contributed by atoms with Crippen LogP contribution < -0.4 is 5.73 Å². The van der Waals surface area contributed by atoms with Crippen molar-refractivity contribution in [3.63, 3.8) is 0 Å². The lowest BCUT2D eigenvalue weighted by atomic mass is 9.90. The van der Waals surface area contributed by atoms with Gasteiger partial charge in [0.15, 0.2) is 0 Å². The van der Waals surface area contributed by atoms with E-state index in [1.54, 1.807) is 6.20 Å². The Balaban J connectivity index is 1.82. The maximum Gasteiger partial charge on any atom is 0.222 e. The Morgan fingerprint density at radius 3 is 3.05 bits per heavy atom. The Kier molecular flexibility index (Phi) is 5.53. The van der Waals surface area contributed by atoms with Gasteiger partial charge in [-0.15, -0.1) is 0 Å². The SMILES string of the molecule is C[C@H]1CCCN(C(=O)CCCc2ccccn2)[C@H]1CN. The van der Waals surface area contributed by atoms with Crippen LogP contribution >= 0.6 is 0 Å². The van der Waals surface area contributed by atoms with Crippen LogP contribution in [0.15, 0.2) is 24.4 Å². The highest BCUT2D eigenvalue weighted by Gasteiger charge is 2.30. The van der Waals surface area contributed by atoms with Gasteiger partial charge in [-0.05, 0) is 43.7 Å². The quantitative estimate of drug-likeness (QED) is 0.894. The van der Waals surface area contributed by atoms with Crippen molar-refractivity contribution in [3.8, 4) is 0 Å². The van der Waals surface area contributed by atoms with Gasteiger partial charge in [-0.3, -0.25) is 9.78 Å². The number of hydrogen-bond donors (Lipinski definition) is 1. The molecule has 1 aliphatic rings. The molecule has 0 spiro atoms. The van der Waals surface area contributed by atoms with Crippen LogP contribution in [-0.2, 0) is 11.2 Å². The Labute approximate surface area is 121 Å². The van der Waals surface area contributed by atoms with Crippen molar-refractivity contribution >= 4 is 5.91 Å². The summed E-state index contributed by atoms with van der Waals surface area (Å²) in [6, 6.07) is 6.14. The standard InChI is InChI=1S/C16H25N3O/c1-13-6-5-11-19(15(13)12-17)16(20)9-4-8-14-7-2-3-10-18-14/h2-3,7,10,13,15H,4-6,8-9,11-12,17H2,1H3/t13-,15-/m0/s1. The maximum absolute atomic E-state index is 12.4. The highest BCUT2D eigenvalue weighted by atomic mass is 16.2. The molecule has 0 unspecified atom stereocenters. The van der Waals surface area contributed by atoms with Gasteiger partial charge >= 0.3 is 0 Å². The molecule has 1 aliphatic heterocycles. The van der Waals surface area contributed by atoms with Gasteiger partial charge in [0, 0.05) is 37.4 Å². The molecule has 110 valence electrons. The normalized spacial score (nSPS) is 22.8. The number of rotatable bonds is 5. The van der Waals surface area contributed by atoms with Crippen molar-refractivity contribution in [2.24, 2.45) is 11.7 Å². The number of carbonyl (C=O) groups excluding carboxylic acids is 1. The minimum absolute atomic E-state index is 0.228. The molecule has 2 rings (SSSR count). The number of carbonyl (C=O) groups is 1. The van der Waals surface area contributed by atoms with Crippen molar-refractivity contribution in [2.75, 3.05) is 13.1 Å². The average molecular weight is 275 g/mol. The summed E-state index contributed by atoms with van der Waals surface area (Å²) in [5, 5.41) is 0. The van der Waals surface area contributed by atoms with E-state index in [-0.39, 0.29) is 11.9 Å². The Bertz CT molecular complexity index is 421. The number of hydrogen-bond acceptors (Lipinski definition) is 3. The van der Waals surface area contributed by atoms with Crippen molar-refractivity contribution in [2.45, 2.75) is 45.1 Å². The molecule has 0 aromatic carbocycles. The maximum atomic E-state index is 12.4. The molecule has 1 aromatic rings. The van der Waals surface area contributed by atoms with Gasteiger partial charge in [0.05, 0.1) is 0 Å².